The van der Waals surface area contributed by atoms with Crippen LogP contribution in [0.15, 0.2) is 48.5 Å². The molecule has 1 saturated carbocycles. The molecule has 2 aromatic rings. The molecule has 0 heterocycles. The van der Waals surface area contributed by atoms with E-state index in [1.165, 1.54) is 18.2 Å². The molecule has 1 unspecified atom stereocenters. The Hall–Kier alpha value is -2.88. The quantitative estimate of drug-likeness (QED) is 0.690. The van der Waals surface area contributed by atoms with Crippen molar-refractivity contribution in [2.45, 2.75) is 18.4 Å². The fourth-order valence-electron chi connectivity index (χ4n) is 2.96. The summed E-state index contributed by atoms with van der Waals surface area (Å²) in [6, 6.07) is 15.4. The highest BCUT2D eigenvalue weighted by Crippen LogP contribution is 2.45. The van der Waals surface area contributed by atoms with Crippen LogP contribution < -0.4 is 10.6 Å². The molecule has 0 saturated heterocycles. The maximum absolute atomic E-state index is 12.2. The number of nitrogens with one attached hydrogen (secondary N) is 2. The van der Waals surface area contributed by atoms with Gasteiger partial charge < -0.3 is 15.7 Å². The van der Waals surface area contributed by atoms with Crippen molar-refractivity contribution in [3.8, 4) is 6.07 Å². The third-order valence-electron chi connectivity index (χ3n) is 4.60. The second-order valence-electron chi connectivity index (χ2n) is 6.50. The van der Waals surface area contributed by atoms with Crippen LogP contribution in [-0.4, -0.2) is 23.5 Å². The first-order valence-electron chi connectivity index (χ1n) is 8.51. The number of nitrogens with zero attached hydrogens (tertiary/aromatic N) is 1. The van der Waals surface area contributed by atoms with Gasteiger partial charge in [-0.2, -0.15) is 5.26 Å². The van der Waals surface area contributed by atoms with Gasteiger partial charge in [-0.1, -0.05) is 41.9 Å². The normalized spacial score (nSPS) is 15.3. The van der Waals surface area contributed by atoms with E-state index >= 15 is 0 Å². The minimum Gasteiger partial charge on any atom is -0.383 e. The van der Waals surface area contributed by atoms with Crippen LogP contribution in [0.4, 0.5) is 5.69 Å². The largest absolute Gasteiger partial charge is 0.383 e. The van der Waals surface area contributed by atoms with E-state index in [2.05, 4.69) is 10.6 Å². The van der Waals surface area contributed by atoms with E-state index in [1.807, 2.05) is 24.3 Å². The van der Waals surface area contributed by atoms with Gasteiger partial charge in [0.05, 0.1) is 17.8 Å². The third-order valence-corrected chi connectivity index (χ3v) is 4.84. The summed E-state index contributed by atoms with van der Waals surface area (Å²) in [5.41, 5.74) is -0.162. The SMILES string of the molecule is N#Cc1ccc(Cl)cc1NC(=O)C(=O)NCC(O)(c1ccccc1)C1CC1. The van der Waals surface area contributed by atoms with E-state index in [0.29, 0.717) is 10.6 Å². The number of aliphatic hydroxyl groups is 1. The lowest BCUT2D eigenvalue weighted by Gasteiger charge is -2.29. The van der Waals surface area contributed by atoms with Crippen LogP contribution in [0.3, 0.4) is 0 Å². The van der Waals surface area contributed by atoms with Crippen LogP contribution in [0.2, 0.25) is 5.02 Å². The van der Waals surface area contributed by atoms with Gasteiger partial charge in [-0.25, -0.2) is 0 Å². The van der Waals surface area contributed by atoms with Gasteiger partial charge in [-0.05, 0) is 42.5 Å². The highest BCUT2D eigenvalue weighted by Gasteiger charge is 2.45. The molecule has 7 heteroatoms. The lowest BCUT2D eigenvalue weighted by molar-refractivity contribution is -0.137. The fourth-order valence-corrected chi connectivity index (χ4v) is 3.13. The second kappa shape index (κ2) is 7.78. The van der Waals surface area contributed by atoms with Crippen molar-refractivity contribution < 1.29 is 14.7 Å². The molecular weight excluding hydrogens is 366 g/mol. The fraction of sp³-hybridized carbons (Fsp3) is 0.250. The maximum atomic E-state index is 12.2. The zero-order valence-corrected chi connectivity index (χ0v) is 15.2. The number of hydrogen-bond acceptors (Lipinski definition) is 4. The van der Waals surface area contributed by atoms with E-state index in [-0.39, 0.29) is 23.7 Å². The smallest absolute Gasteiger partial charge is 0.313 e. The zero-order valence-electron chi connectivity index (χ0n) is 14.4. The Balaban J connectivity index is 1.67. The molecule has 27 heavy (non-hydrogen) atoms. The summed E-state index contributed by atoms with van der Waals surface area (Å²) in [6.45, 7) is -0.0748. The Morgan fingerprint density at radius 1 is 1.19 bits per heavy atom. The van der Waals surface area contributed by atoms with Crippen LogP contribution in [0, 0.1) is 17.2 Å². The van der Waals surface area contributed by atoms with E-state index < -0.39 is 17.4 Å². The predicted molar refractivity (Wildman–Crippen MR) is 101 cm³/mol. The van der Waals surface area contributed by atoms with Crippen LogP contribution in [0.5, 0.6) is 0 Å². The first kappa shape index (κ1) is 18.9. The Labute approximate surface area is 161 Å². The number of hydrogen-bond donors (Lipinski definition) is 3. The molecule has 0 radical (unpaired) electrons. The molecule has 1 fully saturated rings. The zero-order chi connectivity index (χ0) is 19.4. The Morgan fingerprint density at radius 2 is 1.89 bits per heavy atom. The summed E-state index contributed by atoms with van der Waals surface area (Å²) in [5.74, 6) is -1.78. The van der Waals surface area contributed by atoms with Crippen molar-refractivity contribution in [1.82, 2.24) is 5.32 Å². The van der Waals surface area contributed by atoms with Gasteiger partial charge in [0.25, 0.3) is 0 Å². The second-order valence-corrected chi connectivity index (χ2v) is 6.94. The molecule has 2 aromatic carbocycles. The lowest BCUT2D eigenvalue weighted by Crippen LogP contribution is -2.45. The lowest BCUT2D eigenvalue weighted by atomic mass is 9.88. The number of anilines is 1. The van der Waals surface area contributed by atoms with Gasteiger partial charge in [0.2, 0.25) is 0 Å². The summed E-state index contributed by atoms with van der Waals surface area (Å²) in [7, 11) is 0. The molecule has 3 rings (SSSR count). The first-order valence-corrected chi connectivity index (χ1v) is 8.88. The number of amides is 2. The van der Waals surface area contributed by atoms with Crippen molar-refractivity contribution in [3.63, 3.8) is 0 Å². The number of nitriles is 1. The monoisotopic (exact) mass is 383 g/mol. The van der Waals surface area contributed by atoms with E-state index in [0.717, 1.165) is 12.8 Å². The van der Waals surface area contributed by atoms with Crippen LogP contribution >= 0.6 is 11.6 Å². The van der Waals surface area contributed by atoms with Gasteiger partial charge in [-0.15, -0.1) is 0 Å². The van der Waals surface area contributed by atoms with E-state index in [9.17, 15) is 14.7 Å². The molecule has 0 aromatic heterocycles. The topological polar surface area (TPSA) is 102 Å². The van der Waals surface area contributed by atoms with Gasteiger partial charge in [0, 0.05) is 5.02 Å². The molecule has 3 N–H and O–H groups in total. The first-order chi connectivity index (χ1) is 12.9. The van der Waals surface area contributed by atoms with E-state index in [1.54, 1.807) is 12.1 Å². The van der Waals surface area contributed by atoms with Crippen molar-refractivity contribution in [1.29, 1.82) is 5.26 Å². The molecule has 1 atom stereocenters. The van der Waals surface area contributed by atoms with Gasteiger partial charge in [0.15, 0.2) is 0 Å². The molecule has 0 bridgehead atoms. The van der Waals surface area contributed by atoms with Crippen LogP contribution in [0.25, 0.3) is 0 Å². The van der Waals surface area contributed by atoms with Gasteiger partial charge in [0.1, 0.15) is 11.7 Å². The Kier molecular flexibility index (Phi) is 5.45. The predicted octanol–water partition coefficient (Wildman–Crippen LogP) is 2.56. The average molecular weight is 384 g/mol. The molecule has 138 valence electrons. The summed E-state index contributed by atoms with van der Waals surface area (Å²) >= 11 is 5.87. The van der Waals surface area contributed by atoms with Crippen molar-refractivity contribution >= 4 is 29.1 Å². The molecular formula is C20H18ClN3O3. The summed E-state index contributed by atoms with van der Waals surface area (Å²) in [6.07, 6.45) is 1.73. The van der Waals surface area contributed by atoms with Crippen molar-refractivity contribution in [3.05, 3.63) is 64.7 Å². The third kappa shape index (κ3) is 4.27. The summed E-state index contributed by atoms with van der Waals surface area (Å²) in [4.78, 5) is 24.4. The van der Waals surface area contributed by atoms with Gasteiger partial charge >= 0.3 is 11.8 Å². The number of rotatable bonds is 5. The average Bonchev–Trinajstić information content (AvgIpc) is 3.52. The van der Waals surface area contributed by atoms with Gasteiger partial charge in [-0.3, -0.25) is 9.59 Å². The molecule has 2 amide bonds. The molecule has 1 aliphatic carbocycles. The van der Waals surface area contributed by atoms with Crippen molar-refractivity contribution in [2.24, 2.45) is 5.92 Å². The number of carbonyl (C=O) groups excluding carboxylic acids is 2. The number of halogens is 1. The van der Waals surface area contributed by atoms with E-state index in [4.69, 9.17) is 16.9 Å². The minimum absolute atomic E-state index is 0.0429. The van der Waals surface area contributed by atoms with Crippen LogP contribution in [-0.2, 0) is 15.2 Å². The maximum Gasteiger partial charge on any atom is 0.313 e. The Morgan fingerprint density at radius 3 is 2.52 bits per heavy atom. The molecule has 6 nitrogen and oxygen atoms in total. The van der Waals surface area contributed by atoms with Crippen molar-refractivity contribution in [2.75, 3.05) is 11.9 Å². The molecule has 0 spiro atoms. The number of benzene rings is 2. The summed E-state index contributed by atoms with van der Waals surface area (Å²) in [5, 5.41) is 25.4. The highest BCUT2D eigenvalue weighted by atomic mass is 35.5. The van der Waals surface area contributed by atoms with Crippen LogP contribution in [0.1, 0.15) is 24.0 Å². The molecule has 0 aliphatic heterocycles. The highest BCUT2D eigenvalue weighted by molar-refractivity contribution is 6.40. The standard InChI is InChI=1S/C20H18ClN3O3/c21-16-9-6-13(11-22)17(10-16)24-19(26)18(25)23-12-20(27,15-7-8-15)14-4-2-1-3-5-14/h1-6,9-10,15,27H,7-8,12H2,(H,23,25)(H,24,26). The Bertz CT molecular complexity index is 906. The summed E-state index contributed by atoms with van der Waals surface area (Å²) < 4.78 is 0. The minimum atomic E-state index is -1.22. The molecule has 1 aliphatic rings. The number of carbonyl (C=O) groups is 2.